The zero-order valence-corrected chi connectivity index (χ0v) is 8.26. The molecule has 0 spiro atoms. The Morgan fingerprint density at radius 1 is 1.36 bits per heavy atom. The molecule has 0 atom stereocenters. The molecule has 0 fully saturated rings. The van der Waals surface area contributed by atoms with Crippen molar-refractivity contribution in [2.24, 2.45) is 5.73 Å². The van der Waals surface area contributed by atoms with E-state index in [9.17, 15) is 8.78 Å². The van der Waals surface area contributed by atoms with Gasteiger partial charge in [0.25, 0.3) is 5.92 Å². The van der Waals surface area contributed by atoms with Crippen molar-refractivity contribution in [3.8, 4) is 0 Å². The standard InChI is InChI=1S/C11H15F2N/c1-9-4-2-5-10(8-9)11(12,13)6-3-7-14/h2,4-5,8H,3,6-7,14H2,1H3. The summed E-state index contributed by atoms with van der Waals surface area (Å²) >= 11 is 0. The lowest BCUT2D eigenvalue weighted by molar-refractivity contribution is -0.0146. The molecule has 0 saturated heterocycles. The summed E-state index contributed by atoms with van der Waals surface area (Å²) < 4.78 is 26.9. The predicted octanol–water partition coefficient (Wildman–Crippen LogP) is 2.83. The predicted molar refractivity (Wildman–Crippen MR) is 53.4 cm³/mol. The molecule has 0 radical (unpaired) electrons. The number of aryl methyl sites for hydroxylation is 1. The van der Waals surface area contributed by atoms with E-state index < -0.39 is 5.92 Å². The van der Waals surface area contributed by atoms with Crippen LogP contribution in [-0.4, -0.2) is 6.54 Å². The minimum Gasteiger partial charge on any atom is -0.330 e. The van der Waals surface area contributed by atoms with Gasteiger partial charge in [-0.3, -0.25) is 0 Å². The van der Waals surface area contributed by atoms with Crippen LogP contribution >= 0.6 is 0 Å². The Bertz CT molecular complexity index is 297. The molecule has 0 aliphatic heterocycles. The third-order valence-electron chi connectivity index (χ3n) is 2.14. The second-order valence-corrected chi connectivity index (χ2v) is 3.47. The summed E-state index contributed by atoms with van der Waals surface area (Å²) in [5.41, 5.74) is 6.16. The second kappa shape index (κ2) is 4.51. The summed E-state index contributed by atoms with van der Waals surface area (Å²) in [5.74, 6) is -2.74. The average molecular weight is 199 g/mol. The zero-order chi connectivity index (χ0) is 10.6. The molecule has 78 valence electrons. The Balaban J connectivity index is 2.80. The maximum atomic E-state index is 13.5. The van der Waals surface area contributed by atoms with Gasteiger partial charge < -0.3 is 5.73 Å². The van der Waals surface area contributed by atoms with Gasteiger partial charge in [0, 0.05) is 12.0 Å². The third-order valence-corrected chi connectivity index (χ3v) is 2.14. The topological polar surface area (TPSA) is 26.0 Å². The molecule has 0 bridgehead atoms. The van der Waals surface area contributed by atoms with Crippen LogP contribution < -0.4 is 5.73 Å². The van der Waals surface area contributed by atoms with Gasteiger partial charge in [-0.15, -0.1) is 0 Å². The molecule has 0 aromatic heterocycles. The summed E-state index contributed by atoms with van der Waals surface area (Å²) in [6, 6.07) is 6.45. The summed E-state index contributed by atoms with van der Waals surface area (Å²) in [4.78, 5) is 0. The molecule has 0 aliphatic rings. The number of nitrogens with two attached hydrogens (primary N) is 1. The van der Waals surface area contributed by atoms with E-state index in [0.717, 1.165) is 5.56 Å². The zero-order valence-electron chi connectivity index (χ0n) is 8.26. The van der Waals surface area contributed by atoms with Crippen LogP contribution in [-0.2, 0) is 5.92 Å². The lowest BCUT2D eigenvalue weighted by Gasteiger charge is -2.16. The first-order valence-corrected chi connectivity index (χ1v) is 4.71. The van der Waals surface area contributed by atoms with E-state index in [-0.39, 0.29) is 12.0 Å². The van der Waals surface area contributed by atoms with Gasteiger partial charge >= 0.3 is 0 Å². The lowest BCUT2D eigenvalue weighted by atomic mass is 10.0. The Morgan fingerprint density at radius 2 is 2.07 bits per heavy atom. The van der Waals surface area contributed by atoms with Crippen LogP contribution in [0.15, 0.2) is 24.3 Å². The Labute approximate surface area is 82.9 Å². The molecule has 0 heterocycles. The van der Waals surface area contributed by atoms with E-state index in [1.807, 2.05) is 13.0 Å². The first-order valence-electron chi connectivity index (χ1n) is 4.71. The molecule has 3 heteroatoms. The number of rotatable bonds is 4. The number of hydrogen-bond donors (Lipinski definition) is 1. The molecule has 0 aliphatic carbocycles. The van der Waals surface area contributed by atoms with Crippen molar-refractivity contribution in [2.75, 3.05) is 6.54 Å². The van der Waals surface area contributed by atoms with Gasteiger partial charge in [-0.05, 0) is 19.9 Å². The van der Waals surface area contributed by atoms with Gasteiger partial charge in [0.2, 0.25) is 0 Å². The first-order chi connectivity index (χ1) is 6.56. The van der Waals surface area contributed by atoms with E-state index >= 15 is 0 Å². The molecule has 14 heavy (non-hydrogen) atoms. The maximum Gasteiger partial charge on any atom is 0.273 e. The number of hydrogen-bond acceptors (Lipinski definition) is 1. The van der Waals surface area contributed by atoms with Crippen LogP contribution in [0.3, 0.4) is 0 Å². The first kappa shape index (κ1) is 11.1. The summed E-state index contributed by atoms with van der Waals surface area (Å²) in [7, 11) is 0. The second-order valence-electron chi connectivity index (χ2n) is 3.47. The van der Waals surface area contributed by atoms with Crippen LogP contribution in [0.25, 0.3) is 0 Å². The van der Waals surface area contributed by atoms with Crippen molar-refractivity contribution >= 4 is 0 Å². The summed E-state index contributed by atoms with van der Waals surface area (Å²) in [6.45, 7) is 2.11. The number of alkyl halides is 2. The number of benzene rings is 1. The Hall–Kier alpha value is -0.960. The molecule has 1 aromatic rings. The van der Waals surface area contributed by atoms with Gasteiger partial charge in [0.15, 0.2) is 0 Å². The molecule has 0 amide bonds. The minimum atomic E-state index is -2.74. The Kier molecular flexibility index (Phi) is 3.58. The minimum absolute atomic E-state index is 0.0888. The largest absolute Gasteiger partial charge is 0.330 e. The average Bonchev–Trinajstić information content (AvgIpc) is 2.15. The normalized spacial score (nSPS) is 11.7. The van der Waals surface area contributed by atoms with Crippen molar-refractivity contribution in [1.82, 2.24) is 0 Å². The van der Waals surface area contributed by atoms with E-state index in [4.69, 9.17) is 5.73 Å². The van der Waals surface area contributed by atoms with Gasteiger partial charge in [0.1, 0.15) is 0 Å². The van der Waals surface area contributed by atoms with Crippen molar-refractivity contribution in [3.63, 3.8) is 0 Å². The van der Waals surface area contributed by atoms with Gasteiger partial charge in [-0.2, -0.15) is 0 Å². The van der Waals surface area contributed by atoms with E-state index in [0.29, 0.717) is 13.0 Å². The molecular formula is C11H15F2N. The van der Waals surface area contributed by atoms with Crippen molar-refractivity contribution in [2.45, 2.75) is 25.7 Å². The summed E-state index contributed by atoms with van der Waals surface area (Å²) in [5, 5.41) is 0. The van der Waals surface area contributed by atoms with Crippen LogP contribution in [0, 0.1) is 6.92 Å². The quantitative estimate of drug-likeness (QED) is 0.792. The van der Waals surface area contributed by atoms with Crippen LogP contribution in [0.5, 0.6) is 0 Å². The van der Waals surface area contributed by atoms with E-state index in [2.05, 4.69) is 0 Å². The van der Waals surface area contributed by atoms with Crippen molar-refractivity contribution in [1.29, 1.82) is 0 Å². The van der Waals surface area contributed by atoms with Crippen molar-refractivity contribution in [3.05, 3.63) is 35.4 Å². The molecule has 1 nitrogen and oxygen atoms in total. The fourth-order valence-electron chi connectivity index (χ4n) is 1.34. The molecular weight excluding hydrogens is 184 g/mol. The van der Waals surface area contributed by atoms with Gasteiger partial charge in [0.05, 0.1) is 0 Å². The van der Waals surface area contributed by atoms with Crippen LogP contribution in [0.1, 0.15) is 24.0 Å². The molecule has 0 unspecified atom stereocenters. The Morgan fingerprint density at radius 3 is 2.64 bits per heavy atom. The highest BCUT2D eigenvalue weighted by Crippen LogP contribution is 2.32. The van der Waals surface area contributed by atoms with Gasteiger partial charge in [-0.25, -0.2) is 8.78 Å². The molecule has 1 rings (SSSR count). The fourth-order valence-corrected chi connectivity index (χ4v) is 1.34. The monoisotopic (exact) mass is 199 g/mol. The van der Waals surface area contributed by atoms with Crippen LogP contribution in [0.2, 0.25) is 0 Å². The highest BCUT2D eigenvalue weighted by Gasteiger charge is 2.30. The highest BCUT2D eigenvalue weighted by atomic mass is 19.3. The molecule has 2 N–H and O–H groups in total. The van der Waals surface area contributed by atoms with Crippen LogP contribution in [0.4, 0.5) is 8.78 Å². The SMILES string of the molecule is Cc1cccc(C(F)(F)CCCN)c1. The highest BCUT2D eigenvalue weighted by molar-refractivity contribution is 5.25. The molecule has 0 saturated carbocycles. The lowest BCUT2D eigenvalue weighted by Crippen LogP contribution is -2.15. The van der Waals surface area contributed by atoms with Gasteiger partial charge in [-0.1, -0.05) is 29.8 Å². The van der Waals surface area contributed by atoms with Crippen molar-refractivity contribution < 1.29 is 8.78 Å². The van der Waals surface area contributed by atoms with E-state index in [1.165, 1.54) is 12.1 Å². The number of halogens is 2. The van der Waals surface area contributed by atoms with E-state index in [1.54, 1.807) is 6.07 Å². The fraction of sp³-hybridized carbons (Fsp3) is 0.455. The maximum absolute atomic E-state index is 13.5. The smallest absolute Gasteiger partial charge is 0.273 e. The third kappa shape index (κ3) is 2.77. The molecule has 1 aromatic carbocycles. The summed E-state index contributed by atoms with van der Waals surface area (Å²) in [6.07, 6.45) is 0.174.